The van der Waals surface area contributed by atoms with Gasteiger partial charge in [0.25, 0.3) is 5.91 Å². The van der Waals surface area contributed by atoms with Crippen molar-refractivity contribution in [3.63, 3.8) is 0 Å². The second-order valence-electron chi connectivity index (χ2n) is 5.28. The van der Waals surface area contributed by atoms with Crippen molar-refractivity contribution >= 4 is 23.4 Å². The highest BCUT2D eigenvalue weighted by Gasteiger charge is 2.26. The van der Waals surface area contributed by atoms with Gasteiger partial charge in [-0.25, -0.2) is 0 Å². The number of likely N-dealkylation sites (tertiary alicyclic amines) is 1. The van der Waals surface area contributed by atoms with Crippen molar-refractivity contribution in [2.24, 2.45) is 11.7 Å². The van der Waals surface area contributed by atoms with Crippen LogP contribution in [-0.2, 0) is 9.59 Å². The van der Waals surface area contributed by atoms with Crippen molar-refractivity contribution in [2.45, 2.75) is 19.8 Å². The fraction of sp³-hybridized carbons (Fsp3) is 0.467. The van der Waals surface area contributed by atoms with E-state index in [0.717, 1.165) is 5.56 Å². The maximum atomic E-state index is 12.1. The van der Waals surface area contributed by atoms with Gasteiger partial charge in [-0.2, -0.15) is 0 Å². The van der Waals surface area contributed by atoms with Crippen LogP contribution in [0.15, 0.2) is 18.2 Å². The van der Waals surface area contributed by atoms with E-state index in [-0.39, 0.29) is 24.3 Å². The zero-order valence-corrected chi connectivity index (χ0v) is 12.7. The lowest BCUT2D eigenvalue weighted by Gasteiger charge is -2.30. The number of hydrogen-bond acceptors (Lipinski definition) is 3. The Kier molecular flexibility index (Phi) is 5.07. The van der Waals surface area contributed by atoms with Crippen molar-refractivity contribution < 1.29 is 14.3 Å². The molecule has 1 aliphatic rings. The first-order valence-corrected chi connectivity index (χ1v) is 7.31. The van der Waals surface area contributed by atoms with Crippen LogP contribution in [0.3, 0.4) is 0 Å². The van der Waals surface area contributed by atoms with Crippen LogP contribution in [0.5, 0.6) is 5.75 Å². The lowest BCUT2D eigenvalue weighted by atomic mass is 9.96. The number of amides is 2. The number of primary amides is 1. The molecule has 1 fully saturated rings. The molecule has 1 aliphatic heterocycles. The van der Waals surface area contributed by atoms with Crippen LogP contribution in [-0.4, -0.2) is 36.4 Å². The SMILES string of the molecule is Cc1ccc(Cl)c(OCC(=O)N2CCC(C(N)=O)CC2)c1. The van der Waals surface area contributed by atoms with Crippen LogP contribution in [0.25, 0.3) is 0 Å². The van der Waals surface area contributed by atoms with Gasteiger partial charge in [0.15, 0.2) is 6.61 Å². The largest absolute Gasteiger partial charge is 0.482 e. The average Bonchev–Trinajstić information content (AvgIpc) is 2.48. The number of benzene rings is 1. The minimum Gasteiger partial charge on any atom is -0.482 e. The van der Waals surface area contributed by atoms with Crippen molar-refractivity contribution in [2.75, 3.05) is 19.7 Å². The fourth-order valence-corrected chi connectivity index (χ4v) is 2.54. The third-order valence-corrected chi connectivity index (χ3v) is 4.00. The maximum Gasteiger partial charge on any atom is 0.260 e. The number of carbonyl (C=O) groups is 2. The molecule has 6 heteroatoms. The number of carbonyl (C=O) groups excluding carboxylic acids is 2. The molecule has 0 aliphatic carbocycles. The van der Waals surface area contributed by atoms with E-state index >= 15 is 0 Å². The Labute approximate surface area is 129 Å². The minimum atomic E-state index is -0.287. The van der Waals surface area contributed by atoms with Gasteiger partial charge in [0.05, 0.1) is 5.02 Å². The van der Waals surface area contributed by atoms with Crippen molar-refractivity contribution in [1.82, 2.24) is 4.90 Å². The number of ether oxygens (including phenoxy) is 1. The summed E-state index contributed by atoms with van der Waals surface area (Å²) < 4.78 is 5.49. The van der Waals surface area contributed by atoms with Crippen LogP contribution >= 0.6 is 11.6 Å². The summed E-state index contributed by atoms with van der Waals surface area (Å²) in [5.41, 5.74) is 6.29. The smallest absolute Gasteiger partial charge is 0.260 e. The molecular formula is C15H19ClN2O3. The van der Waals surface area contributed by atoms with Gasteiger partial charge in [-0.3, -0.25) is 9.59 Å². The molecule has 1 aromatic rings. The molecule has 1 saturated heterocycles. The Morgan fingerprint density at radius 2 is 2.05 bits per heavy atom. The Morgan fingerprint density at radius 3 is 2.67 bits per heavy atom. The Morgan fingerprint density at radius 1 is 1.38 bits per heavy atom. The number of hydrogen-bond donors (Lipinski definition) is 1. The van der Waals surface area contributed by atoms with E-state index in [2.05, 4.69) is 0 Å². The highest BCUT2D eigenvalue weighted by atomic mass is 35.5. The van der Waals surface area contributed by atoms with Crippen molar-refractivity contribution in [3.05, 3.63) is 28.8 Å². The lowest BCUT2D eigenvalue weighted by molar-refractivity contribution is -0.136. The number of nitrogens with zero attached hydrogens (tertiary/aromatic N) is 1. The lowest BCUT2D eigenvalue weighted by Crippen LogP contribution is -2.43. The number of piperidine rings is 1. The molecule has 0 unspecified atom stereocenters. The van der Waals surface area contributed by atoms with Gasteiger partial charge in [-0.1, -0.05) is 17.7 Å². The topological polar surface area (TPSA) is 72.6 Å². The molecule has 1 heterocycles. The van der Waals surface area contributed by atoms with Gasteiger partial charge in [0.1, 0.15) is 5.75 Å². The van der Waals surface area contributed by atoms with Crippen LogP contribution in [0.1, 0.15) is 18.4 Å². The normalized spacial score (nSPS) is 15.8. The summed E-state index contributed by atoms with van der Waals surface area (Å²) >= 11 is 6.02. The van der Waals surface area contributed by atoms with Crippen LogP contribution < -0.4 is 10.5 Å². The summed E-state index contributed by atoms with van der Waals surface area (Å²) in [6.45, 7) is 2.96. The van der Waals surface area contributed by atoms with Gasteiger partial charge in [-0.15, -0.1) is 0 Å². The monoisotopic (exact) mass is 310 g/mol. The number of rotatable bonds is 4. The molecule has 0 spiro atoms. The van der Waals surface area contributed by atoms with Crippen molar-refractivity contribution in [3.8, 4) is 5.75 Å². The molecule has 0 saturated carbocycles. The third kappa shape index (κ3) is 4.11. The molecule has 1 aromatic carbocycles. The molecule has 114 valence electrons. The minimum absolute atomic E-state index is 0.0512. The highest BCUT2D eigenvalue weighted by Crippen LogP contribution is 2.25. The molecule has 2 rings (SSSR count). The Hall–Kier alpha value is -1.75. The first-order valence-electron chi connectivity index (χ1n) is 6.93. The fourth-order valence-electron chi connectivity index (χ4n) is 2.37. The van der Waals surface area contributed by atoms with Gasteiger partial charge >= 0.3 is 0 Å². The van der Waals surface area contributed by atoms with Gasteiger partial charge < -0.3 is 15.4 Å². The predicted octanol–water partition coefficient (Wildman–Crippen LogP) is 1.75. The number of halogens is 1. The number of nitrogens with two attached hydrogens (primary N) is 1. The molecule has 21 heavy (non-hydrogen) atoms. The molecule has 0 aromatic heterocycles. The van der Waals surface area contributed by atoms with E-state index in [9.17, 15) is 9.59 Å². The van der Waals surface area contributed by atoms with E-state index in [4.69, 9.17) is 22.1 Å². The molecule has 2 amide bonds. The third-order valence-electron chi connectivity index (χ3n) is 3.69. The van der Waals surface area contributed by atoms with Crippen LogP contribution in [0.4, 0.5) is 0 Å². The van der Waals surface area contributed by atoms with Gasteiger partial charge in [-0.05, 0) is 37.5 Å². The second-order valence-corrected chi connectivity index (χ2v) is 5.69. The van der Waals surface area contributed by atoms with Crippen molar-refractivity contribution in [1.29, 1.82) is 0 Å². The van der Waals surface area contributed by atoms with Crippen LogP contribution in [0, 0.1) is 12.8 Å². The van der Waals surface area contributed by atoms with E-state index in [1.165, 1.54) is 0 Å². The predicted molar refractivity (Wildman–Crippen MR) is 80.2 cm³/mol. The van der Waals surface area contributed by atoms with Gasteiger partial charge in [0.2, 0.25) is 5.91 Å². The quantitative estimate of drug-likeness (QED) is 0.921. The zero-order valence-electron chi connectivity index (χ0n) is 12.0. The molecular weight excluding hydrogens is 292 g/mol. The molecule has 2 N–H and O–H groups in total. The van der Waals surface area contributed by atoms with E-state index < -0.39 is 0 Å². The molecule has 0 atom stereocenters. The summed E-state index contributed by atoms with van der Waals surface area (Å²) in [6.07, 6.45) is 1.23. The summed E-state index contributed by atoms with van der Waals surface area (Å²) in [5.74, 6) is -0.00129. The first-order chi connectivity index (χ1) is 9.97. The Balaban J connectivity index is 1.85. The standard InChI is InChI=1S/C15H19ClN2O3/c1-10-2-3-12(16)13(8-10)21-9-14(19)18-6-4-11(5-7-18)15(17)20/h2-3,8,11H,4-7,9H2,1H3,(H2,17,20). The van der Waals surface area contributed by atoms with Gasteiger partial charge in [0, 0.05) is 19.0 Å². The first kappa shape index (κ1) is 15.6. The maximum absolute atomic E-state index is 12.1. The van der Waals surface area contributed by atoms with Crippen LogP contribution in [0.2, 0.25) is 5.02 Å². The second kappa shape index (κ2) is 6.80. The molecule has 0 radical (unpaired) electrons. The summed E-state index contributed by atoms with van der Waals surface area (Å²) in [6, 6.07) is 5.43. The van der Waals surface area contributed by atoms with E-state index in [1.807, 2.05) is 13.0 Å². The average molecular weight is 311 g/mol. The summed E-state index contributed by atoms with van der Waals surface area (Å²) in [7, 11) is 0. The molecule has 5 nitrogen and oxygen atoms in total. The zero-order chi connectivity index (χ0) is 15.4. The van der Waals surface area contributed by atoms with E-state index in [1.54, 1.807) is 17.0 Å². The highest BCUT2D eigenvalue weighted by molar-refractivity contribution is 6.32. The molecule has 0 bridgehead atoms. The Bertz CT molecular complexity index is 540. The van der Waals surface area contributed by atoms with E-state index in [0.29, 0.717) is 36.7 Å². The summed E-state index contributed by atoms with van der Waals surface area (Å²) in [5, 5.41) is 0.487. The summed E-state index contributed by atoms with van der Waals surface area (Å²) in [4.78, 5) is 24.9. The number of aryl methyl sites for hydroxylation is 1.